The Morgan fingerprint density at radius 2 is 2.10 bits per heavy atom. The van der Waals surface area contributed by atoms with E-state index in [1.165, 1.54) is 4.68 Å². The fraction of sp³-hybridized carbons (Fsp3) is 0.357. The van der Waals surface area contributed by atoms with E-state index in [1.54, 1.807) is 24.7 Å². The van der Waals surface area contributed by atoms with Gasteiger partial charge < -0.3 is 4.90 Å². The van der Waals surface area contributed by atoms with Crippen molar-refractivity contribution in [1.29, 1.82) is 0 Å². The summed E-state index contributed by atoms with van der Waals surface area (Å²) in [5.41, 5.74) is 1.68. The maximum absolute atomic E-state index is 12.1. The molecule has 0 aliphatic heterocycles. The molecule has 0 aromatic carbocycles. The van der Waals surface area contributed by atoms with Crippen molar-refractivity contribution in [3.63, 3.8) is 0 Å². The minimum atomic E-state index is -0.106. The third-order valence-corrected chi connectivity index (χ3v) is 3.38. The lowest BCUT2D eigenvalue weighted by Gasteiger charge is -2.17. The third-order valence-electron chi connectivity index (χ3n) is 2.95. The van der Waals surface area contributed by atoms with E-state index in [-0.39, 0.29) is 5.56 Å². The molecule has 0 saturated heterocycles. The van der Waals surface area contributed by atoms with Crippen molar-refractivity contribution >= 4 is 21.6 Å². The minimum absolute atomic E-state index is 0.106. The second-order valence-electron chi connectivity index (χ2n) is 4.64. The van der Waals surface area contributed by atoms with Gasteiger partial charge in [0.1, 0.15) is 0 Å². The molecule has 0 amide bonds. The zero-order valence-corrected chi connectivity index (χ0v) is 13.2. The number of aromatic nitrogens is 3. The Labute approximate surface area is 126 Å². The van der Waals surface area contributed by atoms with Crippen LogP contribution in [0, 0.1) is 0 Å². The van der Waals surface area contributed by atoms with Crippen molar-refractivity contribution in [2.75, 3.05) is 18.5 Å². The predicted octanol–water partition coefficient (Wildman–Crippen LogP) is 2.30. The fourth-order valence-electron chi connectivity index (χ4n) is 1.93. The summed E-state index contributed by atoms with van der Waals surface area (Å²) in [5.74, 6) is 0. The number of rotatable bonds is 5. The zero-order valence-electron chi connectivity index (χ0n) is 11.6. The van der Waals surface area contributed by atoms with E-state index in [9.17, 15) is 4.79 Å². The number of pyridine rings is 1. The zero-order chi connectivity index (χ0) is 14.5. The average Bonchev–Trinajstić information content (AvgIpc) is 2.41. The molecule has 2 heterocycles. The predicted molar refractivity (Wildman–Crippen MR) is 83.1 cm³/mol. The van der Waals surface area contributed by atoms with E-state index in [1.807, 2.05) is 18.0 Å². The van der Waals surface area contributed by atoms with Gasteiger partial charge in [-0.05, 0) is 34.0 Å². The summed E-state index contributed by atoms with van der Waals surface area (Å²) in [7, 11) is 1.96. The first-order chi connectivity index (χ1) is 9.60. The highest BCUT2D eigenvalue weighted by Crippen LogP contribution is 2.11. The van der Waals surface area contributed by atoms with Crippen LogP contribution in [0.4, 0.5) is 5.69 Å². The normalized spacial score (nSPS) is 10.6. The highest BCUT2D eigenvalue weighted by molar-refractivity contribution is 9.10. The quantitative estimate of drug-likeness (QED) is 0.840. The van der Waals surface area contributed by atoms with E-state index in [0.717, 1.165) is 28.7 Å². The van der Waals surface area contributed by atoms with Crippen molar-refractivity contribution in [2.45, 2.75) is 19.9 Å². The Hall–Kier alpha value is -1.69. The molecule has 0 aliphatic carbocycles. The van der Waals surface area contributed by atoms with Crippen molar-refractivity contribution < 1.29 is 0 Å². The first kappa shape index (κ1) is 14.7. The molecule has 5 nitrogen and oxygen atoms in total. The van der Waals surface area contributed by atoms with Gasteiger partial charge in [0, 0.05) is 36.5 Å². The Morgan fingerprint density at radius 3 is 2.75 bits per heavy atom. The maximum Gasteiger partial charge on any atom is 0.269 e. The molecule has 2 aromatic heterocycles. The van der Waals surface area contributed by atoms with Crippen LogP contribution < -0.4 is 10.5 Å². The van der Waals surface area contributed by atoms with E-state index in [4.69, 9.17) is 0 Å². The molecular weight excluding hydrogens is 320 g/mol. The van der Waals surface area contributed by atoms with Crippen LogP contribution in [0.3, 0.4) is 0 Å². The summed E-state index contributed by atoms with van der Waals surface area (Å²) in [6.07, 6.45) is 6.20. The summed E-state index contributed by atoms with van der Waals surface area (Å²) in [5, 5.41) is 4.23. The van der Waals surface area contributed by atoms with Gasteiger partial charge in [-0.2, -0.15) is 5.10 Å². The Kier molecular flexibility index (Phi) is 4.89. The molecule has 0 aliphatic rings. The molecule has 0 N–H and O–H groups in total. The Morgan fingerprint density at radius 1 is 1.30 bits per heavy atom. The van der Waals surface area contributed by atoms with Gasteiger partial charge in [-0.1, -0.05) is 6.92 Å². The topological polar surface area (TPSA) is 51.0 Å². The van der Waals surface area contributed by atoms with Crippen LogP contribution in [-0.4, -0.2) is 28.4 Å². The Balaban J connectivity index is 2.20. The first-order valence-electron chi connectivity index (χ1n) is 6.48. The highest BCUT2D eigenvalue weighted by atomic mass is 79.9. The molecule has 0 unspecified atom stereocenters. The molecule has 0 atom stereocenters. The smallest absolute Gasteiger partial charge is 0.269 e. The van der Waals surface area contributed by atoms with Gasteiger partial charge in [-0.25, -0.2) is 4.68 Å². The molecular formula is C14H17BrN4O. The van der Waals surface area contributed by atoms with Crippen LogP contribution in [0.25, 0.3) is 0 Å². The van der Waals surface area contributed by atoms with Crippen molar-refractivity contribution in [3.05, 3.63) is 51.1 Å². The molecule has 0 radical (unpaired) electrons. The maximum atomic E-state index is 12.1. The molecule has 0 fully saturated rings. The molecule has 106 valence electrons. The van der Waals surface area contributed by atoms with Gasteiger partial charge >= 0.3 is 0 Å². The van der Waals surface area contributed by atoms with Crippen molar-refractivity contribution in [1.82, 2.24) is 14.8 Å². The molecule has 2 rings (SSSR count). The van der Waals surface area contributed by atoms with Gasteiger partial charge in [0.05, 0.1) is 18.4 Å². The molecule has 0 bridgehead atoms. The monoisotopic (exact) mass is 336 g/mol. The number of hydrogen-bond acceptors (Lipinski definition) is 4. The van der Waals surface area contributed by atoms with Crippen LogP contribution in [0.2, 0.25) is 0 Å². The summed E-state index contributed by atoms with van der Waals surface area (Å²) in [6, 6.07) is 3.55. The molecule has 20 heavy (non-hydrogen) atoms. The van der Waals surface area contributed by atoms with Crippen LogP contribution >= 0.6 is 15.9 Å². The van der Waals surface area contributed by atoms with Crippen LogP contribution in [0.1, 0.15) is 18.9 Å². The largest absolute Gasteiger partial charge is 0.373 e. The number of halogens is 1. The van der Waals surface area contributed by atoms with Crippen LogP contribution in [-0.2, 0) is 6.54 Å². The van der Waals surface area contributed by atoms with Gasteiger partial charge in [-0.15, -0.1) is 0 Å². The van der Waals surface area contributed by atoms with E-state index >= 15 is 0 Å². The molecule has 2 aromatic rings. The lowest BCUT2D eigenvalue weighted by molar-refractivity contribution is 0.635. The summed E-state index contributed by atoms with van der Waals surface area (Å²) in [4.78, 5) is 18.2. The second kappa shape index (κ2) is 6.65. The fourth-order valence-corrected chi connectivity index (χ4v) is 2.34. The SMILES string of the molecule is CCCN(C)c1cnn(Cc2cncc(Br)c2)c(=O)c1. The van der Waals surface area contributed by atoms with E-state index in [0.29, 0.717) is 6.54 Å². The number of nitrogens with zero attached hydrogens (tertiary/aromatic N) is 4. The van der Waals surface area contributed by atoms with Crippen LogP contribution in [0.5, 0.6) is 0 Å². The average molecular weight is 337 g/mol. The lowest BCUT2D eigenvalue weighted by Crippen LogP contribution is -2.26. The number of anilines is 1. The highest BCUT2D eigenvalue weighted by Gasteiger charge is 2.05. The van der Waals surface area contributed by atoms with Crippen molar-refractivity contribution in [3.8, 4) is 0 Å². The van der Waals surface area contributed by atoms with Gasteiger partial charge in [0.2, 0.25) is 0 Å². The van der Waals surface area contributed by atoms with Crippen LogP contribution in [0.15, 0.2) is 40.0 Å². The first-order valence-corrected chi connectivity index (χ1v) is 7.27. The van der Waals surface area contributed by atoms with Gasteiger partial charge in [0.25, 0.3) is 5.56 Å². The van der Waals surface area contributed by atoms with E-state index < -0.39 is 0 Å². The Bertz CT molecular complexity index is 641. The summed E-state index contributed by atoms with van der Waals surface area (Å²) < 4.78 is 2.33. The minimum Gasteiger partial charge on any atom is -0.373 e. The van der Waals surface area contributed by atoms with Gasteiger partial charge in [-0.3, -0.25) is 9.78 Å². The number of hydrogen-bond donors (Lipinski definition) is 0. The molecule has 6 heteroatoms. The third kappa shape index (κ3) is 3.66. The standard InChI is InChI=1S/C14H17BrN4O/c1-3-4-18(2)13-6-14(20)19(17-9-13)10-11-5-12(15)8-16-7-11/h5-9H,3-4,10H2,1-2H3. The second-order valence-corrected chi connectivity index (χ2v) is 5.56. The molecule has 0 saturated carbocycles. The molecule has 0 spiro atoms. The van der Waals surface area contributed by atoms with Gasteiger partial charge in [0.15, 0.2) is 0 Å². The summed E-state index contributed by atoms with van der Waals surface area (Å²) in [6.45, 7) is 3.43. The lowest BCUT2D eigenvalue weighted by atomic mass is 10.3. The van der Waals surface area contributed by atoms with Crippen molar-refractivity contribution in [2.24, 2.45) is 0 Å². The van der Waals surface area contributed by atoms with E-state index in [2.05, 4.69) is 32.9 Å². The summed E-state index contributed by atoms with van der Waals surface area (Å²) >= 11 is 3.36.